The number of hydrogen-bond acceptors (Lipinski definition) is 1. The van der Waals surface area contributed by atoms with Gasteiger partial charge in [0.15, 0.2) is 0 Å². The maximum absolute atomic E-state index is 5.55. The lowest BCUT2D eigenvalue weighted by atomic mass is 10.2. The van der Waals surface area contributed by atoms with E-state index in [9.17, 15) is 0 Å². The Balaban J connectivity index is 2.23. The van der Waals surface area contributed by atoms with Gasteiger partial charge in [-0.05, 0) is 32.6 Å². The molecule has 1 saturated heterocycles. The summed E-state index contributed by atoms with van der Waals surface area (Å²) in [4.78, 5) is 0. The zero-order chi connectivity index (χ0) is 5.98. The summed E-state index contributed by atoms with van der Waals surface area (Å²) in [5.74, 6) is 0. The van der Waals surface area contributed by atoms with Crippen LogP contribution in [0.1, 0.15) is 19.8 Å². The minimum absolute atomic E-state index is 0.0310. The molecule has 1 rings (SSSR count). The molecule has 0 radical (unpaired) electrons. The minimum Gasteiger partial charge on any atom is -0.357 e. The first-order valence-corrected chi connectivity index (χ1v) is 5.06. The van der Waals surface area contributed by atoms with E-state index in [4.69, 9.17) is 4.52 Å². The topological polar surface area (TPSA) is 9.23 Å². The summed E-state index contributed by atoms with van der Waals surface area (Å²) >= 11 is 0. The van der Waals surface area contributed by atoms with Crippen LogP contribution in [0.5, 0.6) is 0 Å². The van der Waals surface area contributed by atoms with Gasteiger partial charge in [-0.1, -0.05) is 0 Å². The third-order valence-electron chi connectivity index (χ3n) is 1.44. The lowest BCUT2D eigenvalue weighted by molar-refractivity contribution is 0.220. The van der Waals surface area contributed by atoms with Crippen LogP contribution in [-0.2, 0) is 4.52 Å². The molecular weight excluding hydrogens is 119 g/mol. The van der Waals surface area contributed by atoms with Crippen molar-refractivity contribution in [1.29, 1.82) is 0 Å². The second kappa shape index (κ2) is 2.80. The van der Waals surface area contributed by atoms with Crippen LogP contribution in [0.2, 0.25) is 0 Å². The second-order valence-corrected chi connectivity index (χ2v) is 4.32. The van der Waals surface area contributed by atoms with Gasteiger partial charge in [-0.3, -0.25) is 0 Å². The Kier molecular flexibility index (Phi) is 2.27. The summed E-state index contributed by atoms with van der Waals surface area (Å²) in [6.07, 6.45) is 4.51. The van der Waals surface area contributed by atoms with Crippen molar-refractivity contribution in [3.8, 4) is 0 Å². The third kappa shape index (κ3) is 1.72. The average molecular weight is 132 g/mol. The summed E-state index contributed by atoms with van der Waals surface area (Å²) < 4.78 is 5.55. The van der Waals surface area contributed by atoms with Crippen molar-refractivity contribution >= 4 is 8.15 Å². The Morgan fingerprint density at radius 2 is 2.38 bits per heavy atom. The van der Waals surface area contributed by atoms with Gasteiger partial charge in [0.05, 0.1) is 6.10 Å². The Labute approximate surface area is 52.3 Å². The van der Waals surface area contributed by atoms with Crippen molar-refractivity contribution in [1.82, 2.24) is 0 Å². The molecule has 0 aromatic heterocycles. The zero-order valence-corrected chi connectivity index (χ0v) is 6.45. The predicted molar refractivity (Wildman–Crippen MR) is 37.5 cm³/mol. The summed E-state index contributed by atoms with van der Waals surface area (Å²) in [7, 11) is -0.0310. The Bertz CT molecular complexity index is 66.9. The zero-order valence-electron chi connectivity index (χ0n) is 5.55. The standard InChI is InChI=1S/C6H13OP/c1-6-4-3-5-8(2)7-6/h6H,3-5H2,1-2H3. The van der Waals surface area contributed by atoms with Gasteiger partial charge in [-0.2, -0.15) is 0 Å². The summed E-state index contributed by atoms with van der Waals surface area (Å²) in [6, 6.07) is 0. The van der Waals surface area contributed by atoms with E-state index in [-0.39, 0.29) is 8.15 Å². The molecule has 1 fully saturated rings. The van der Waals surface area contributed by atoms with Crippen LogP contribution in [-0.4, -0.2) is 18.9 Å². The van der Waals surface area contributed by atoms with Gasteiger partial charge < -0.3 is 4.52 Å². The first-order valence-electron chi connectivity index (χ1n) is 3.17. The molecule has 0 bridgehead atoms. The van der Waals surface area contributed by atoms with Crippen LogP contribution < -0.4 is 0 Å². The van der Waals surface area contributed by atoms with E-state index in [1.165, 1.54) is 19.0 Å². The fourth-order valence-electron chi connectivity index (χ4n) is 1.01. The summed E-state index contributed by atoms with van der Waals surface area (Å²) in [5, 5.41) is 0. The third-order valence-corrected chi connectivity index (χ3v) is 3.11. The van der Waals surface area contributed by atoms with Crippen molar-refractivity contribution in [3.63, 3.8) is 0 Å². The molecule has 1 aliphatic rings. The fourth-order valence-corrected chi connectivity index (χ4v) is 2.47. The predicted octanol–water partition coefficient (Wildman–Crippen LogP) is 2.21. The molecule has 2 heteroatoms. The molecular formula is C6H13OP. The lowest BCUT2D eigenvalue weighted by Crippen LogP contribution is -2.11. The quantitative estimate of drug-likeness (QED) is 0.459. The molecule has 1 aliphatic heterocycles. The van der Waals surface area contributed by atoms with Crippen molar-refractivity contribution in [2.75, 3.05) is 12.8 Å². The van der Waals surface area contributed by atoms with E-state index in [1.807, 2.05) is 0 Å². The second-order valence-electron chi connectivity index (χ2n) is 2.41. The molecule has 8 heavy (non-hydrogen) atoms. The largest absolute Gasteiger partial charge is 0.357 e. The van der Waals surface area contributed by atoms with E-state index < -0.39 is 0 Å². The fraction of sp³-hybridized carbons (Fsp3) is 1.00. The van der Waals surface area contributed by atoms with Gasteiger partial charge in [0.2, 0.25) is 0 Å². The van der Waals surface area contributed by atoms with Gasteiger partial charge >= 0.3 is 0 Å². The number of hydrogen-bond donors (Lipinski definition) is 0. The first kappa shape index (κ1) is 6.51. The van der Waals surface area contributed by atoms with Gasteiger partial charge in [0.25, 0.3) is 0 Å². The molecule has 0 aromatic rings. The smallest absolute Gasteiger partial charge is 0.0589 e. The highest BCUT2D eigenvalue weighted by atomic mass is 31.1. The van der Waals surface area contributed by atoms with Gasteiger partial charge in [-0.15, -0.1) is 0 Å². The maximum Gasteiger partial charge on any atom is 0.0589 e. The highest BCUT2D eigenvalue weighted by molar-refractivity contribution is 7.51. The average Bonchev–Trinajstić information content (AvgIpc) is 1.64. The molecule has 0 spiro atoms. The monoisotopic (exact) mass is 132 g/mol. The summed E-state index contributed by atoms with van der Waals surface area (Å²) in [6.45, 7) is 4.38. The van der Waals surface area contributed by atoms with Crippen LogP contribution in [0.3, 0.4) is 0 Å². The molecule has 0 saturated carbocycles. The first-order chi connectivity index (χ1) is 3.79. The van der Waals surface area contributed by atoms with Crippen molar-refractivity contribution in [2.45, 2.75) is 25.9 Å². The van der Waals surface area contributed by atoms with Crippen molar-refractivity contribution in [2.24, 2.45) is 0 Å². The lowest BCUT2D eigenvalue weighted by Gasteiger charge is -2.24. The van der Waals surface area contributed by atoms with Crippen molar-refractivity contribution < 1.29 is 4.52 Å². The minimum atomic E-state index is -0.0310. The number of rotatable bonds is 0. The Morgan fingerprint density at radius 3 is 2.75 bits per heavy atom. The van der Waals surface area contributed by atoms with Crippen LogP contribution in [0.25, 0.3) is 0 Å². The van der Waals surface area contributed by atoms with E-state index in [0.717, 1.165) is 0 Å². The highest BCUT2D eigenvalue weighted by Crippen LogP contribution is 2.39. The molecule has 0 N–H and O–H groups in total. The molecule has 48 valence electrons. The molecule has 1 heterocycles. The molecule has 1 nitrogen and oxygen atoms in total. The van der Waals surface area contributed by atoms with Crippen LogP contribution in [0.15, 0.2) is 0 Å². The molecule has 2 atom stereocenters. The van der Waals surface area contributed by atoms with E-state index >= 15 is 0 Å². The maximum atomic E-state index is 5.55. The molecule has 0 aliphatic carbocycles. The van der Waals surface area contributed by atoms with E-state index in [0.29, 0.717) is 6.10 Å². The van der Waals surface area contributed by atoms with Crippen LogP contribution in [0, 0.1) is 0 Å². The van der Waals surface area contributed by atoms with Crippen LogP contribution >= 0.6 is 8.15 Å². The van der Waals surface area contributed by atoms with Gasteiger partial charge in [0, 0.05) is 8.15 Å². The molecule has 0 amide bonds. The molecule has 0 aromatic carbocycles. The normalized spacial score (nSPS) is 39.8. The van der Waals surface area contributed by atoms with Crippen molar-refractivity contribution in [3.05, 3.63) is 0 Å². The van der Waals surface area contributed by atoms with E-state index in [2.05, 4.69) is 13.6 Å². The summed E-state index contributed by atoms with van der Waals surface area (Å²) in [5.41, 5.74) is 0. The van der Waals surface area contributed by atoms with E-state index in [1.54, 1.807) is 0 Å². The van der Waals surface area contributed by atoms with Gasteiger partial charge in [-0.25, -0.2) is 0 Å². The van der Waals surface area contributed by atoms with Crippen LogP contribution in [0.4, 0.5) is 0 Å². The Hall–Kier alpha value is 0.390. The SMILES string of the molecule is CC1CCCP(C)O1. The molecule has 2 unspecified atom stereocenters. The van der Waals surface area contributed by atoms with Gasteiger partial charge in [0.1, 0.15) is 0 Å². The Morgan fingerprint density at radius 1 is 1.62 bits per heavy atom. The highest BCUT2D eigenvalue weighted by Gasteiger charge is 2.13.